The van der Waals surface area contributed by atoms with E-state index >= 15 is 0 Å². The zero-order chi connectivity index (χ0) is 14.4. The summed E-state index contributed by atoms with van der Waals surface area (Å²) in [6.07, 6.45) is 6.04. The molecule has 0 spiro atoms. The molecule has 0 aliphatic carbocycles. The van der Waals surface area contributed by atoms with E-state index in [2.05, 4.69) is 17.3 Å². The molecule has 1 amide bonds. The SMILES string of the molecule is CCCn1ncc(C(=O)NCCC2CCCOC2)c1C. The predicted octanol–water partition coefficient (Wildman–Crippen LogP) is 2.15. The van der Waals surface area contributed by atoms with E-state index in [9.17, 15) is 4.79 Å². The lowest BCUT2D eigenvalue weighted by Crippen LogP contribution is -2.28. The van der Waals surface area contributed by atoms with Gasteiger partial charge < -0.3 is 10.1 Å². The molecule has 1 unspecified atom stereocenters. The van der Waals surface area contributed by atoms with Gasteiger partial charge in [-0.1, -0.05) is 6.92 Å². The normalized spacial score (nSPS) is 19.0. The molecule has 0 radical (unpaired) electrons. The molecule has 2 heterocycles. The summed E-state index contributed by atoms with van der Waals surface area (Å²) in [7, 11) is 0. The minimum Gasteiger partial charge on any atom is -0.381 e. The van der Waals surface area contributed by atoms with Gasteiger partial charge in [0.25, 0.3) is 5.91 Å². The van der Waals surface area contributed by atoms with Gasteiger partial charge in [-0.05, 0) is 38.5 Å². The fourth-order valence-corrected chi connectivity index (χ4v) is 2.63. The zero-order valence-electron chi connectivity index (χ0n) is 12.5. The first kappa shape index (κ1) is 15.0. The number of aryl methyl sites for hydroxylation is 1. The molecule has 1 fully saturated rings. The van der Waals surface area contributed by atoms with Gasteiger partial charge in [-0.2, -0.15) is 5.10 Å². The van der Waals surface area contributed by atoms with Gasteiger partial charge in [-0.15, -0.1) is 0 Å². The minimum absolute atomic E-state index is 0.0124. The third-order valence-electron chi connectivity index (χ3n) is 3.88. The Morgan fingerprint density at radius 1 is 1.60 bits per heavy atom. The zero-order valence-corrected chi connectivity index (χ0v) is 12.5. The van der Waals surface area contributed by atoms with Gasteiger partial charge in [0.05, 0.1) is 11.8 Å². The molecule has 1 aliphatic heterocycles. The van der Waals surface area contributed by atoms with Crippen molar-refractivity contribution in [2.24, 2.45) is 5.92 Å². The second-order valence-electron chi connectivity index (χ2n) is 5.49. The molecule has 1 aromatic rings. The monoisotopic (exact) mass is 279 g/mol. The number of aromatic nitrogens is 2. The highest BCUT2D eigenvalue weighted by molar-refractivity contribution is 5.94. The van der Waals surface area contributed by atoms with Crippen LogP contribution in [0.15, 0.2) is 6.20 Å². The molecule has 1 aliphatic rings. The molecule has 1 N–H and O–H groups in total. The highest BCUT2D eigenvalue weighted by Gasteiger charge is 2.16. The van der Waals surface area contributed by atoms with E-state index in [1.165, 1.54) is 6.42 Å². The van der Waals surface area contributed by atoms with Crippen LogP contribution in [-0.4, -0.2) is 35.4 Å². The first-order valence-corrected chi connectivity index (χ1v) is 7.60. The highest BCUT2D eigenvalue weighted by Crippen LogP contribution is 2.16. The van der Waals surface area contributed by atoms with Gasteiger partial charge in [-0.25, -0.2) is 0 Å². The molecule has 5 nitrogen and oxygen atoms in total. The third kappa shape index (κ3) is 3.82. The number of nitrogens with one attached hydrogen (secondary N) is 1. The Bertz CT molecular complexity index is 436. The lowest BCUT2D eigenvalue weighted by molar-refractivity contribution is 0.0514. The van der Waals surface area contributed by atoms with Crippen molar-refractivity contribution < 1.29 is 9.53 Å². The van der Waals surface area contributed by atoms with Crippen LogP contribution in [0.4, 0.5) is 0 Å². The summed E-state index contributed by atoms with van der Waals surface area (Å²) in [5.41, 5.74) is 1.64. The molecule has 0 aromatic carbocycles. The van der Waals surface area contributed by atoms with Crippen molar-refractivity contribution in [1.82, 2.24) is 15.1 Å². The van der Waals surface area contributed by atoms with E-state index in [0.717, 1.165) is 44.7 Å². The number of carbonyl (C=O) groups is 1. The molecule has 112 valence electrons. The largest absolute Gasteiger partial charge is 0.381 e. The minimum atomic E-state index is -0.0124. The van der Waals surface area contributed by atoms with Crippen LogP contribution >= 0.6 is 0 Å². The van der Waals surface area contributed by atoms with Gasteiger partial charge >= 0.3 is 0 Å². The maximum Gasteiger partial charge on any atom is 0.254 e. The van der Waals surface area contributed by atoms with Crippen LogP contribution in [0.3, 0.4) is 0 Å². The van der Waals surface area contributed by atoms with E-state index < -0.39 is 0 Å². The summed E-state index contributed by atoms with van der Waals surface area (Å²) in [4.78, 5) is 12.1. The van der Waals surface area contributed by atoms with Crippen molar-refractivity contribution in [2.75, 3.05) is 19.8 Å². The van der Waals surface area contributed by atoms with Crippen molar-refractivity contribution in [3.8, 4) is 0 Å². The second-order valence-corrected chi connectivity index (χ2v) is 5.49. The number of carbonyl (C=O) groups excluding carboxylic acids is 1. The second kappa shape index (κ2) is 7.43. The average molecular weight is 279 g/mol. The Balaban J connectivity index is 1.79. The van der Waals surface area contributed by atoms with Crippen molar-refractivity contribution in [2.45, 2.75) is 46.1 Å². The molecular weight excluding hydrogens is 254 g/mol. The van der Waals surface area contributed by atoms with E-state index in [-0.39, 0.29) is 5.91 Å². The summed E-state index contributed by atoms with van der Waals surface area (Å²) in [6.45, 7) is 7.35. The van der Waals surface area contributed by atoms with Crippen molar-refractivity contribution in [3.05, 3.63) is 17.5 Å². The topological polar surface area (TPSA) is 56.2 Å². The van der Waals surface area contributed by atoms with Crippen LogP contribution in [0.2, 0.25) is 0 Å². The van der Waals surface area contributed by atoms with Crippen molar-refractivity contribution in [3.63, 3.8) is 0 Å². The Morgan fingerprint density at radius 2 is 2.45 bits per heavy atom. The summed E-state index contributed by atoms with van der Waals surface area (Å²) in [5.74, 6) is 0.578. The summed E-state index contributed by atoms with van der Waals surface area (Å²) < 4.78 is 7.34. The smallest absolute Gasteiger partial charge is 0.254 e. The Kier molecular flexibility index (Phi) is 5.59. The Labute approximate surface area is 120 Å². The molecule has 1 atom stereocenters. The molecular formula is C15H25N3O2. The quantitative estimate of drug-likeness (QED) is 0.868. The highest BCUT2D eigenvalue weighted by atomic mass is 16.5. The molecule has 20 heavy (non-hydrogen) atoms. The van der Waals surface area contributed by atoms with Crippen LogP contribution in [0, 0.1) is 12.8 Å². The average Bonchev–Trinajstić information content (AvgIpc) is 2.82. The van der Waals surface area contributed by atoms with Crippen molar-refractivity contribution in [1.29, 1.82) is 0 Å². The van der Waals surface area contributed by atoms with E-state index in [1.807, 2.05) is 11.6 Å². The fourth-order valence-electron chi connectivity index (χ4n) is 2.63. The van der Waals surface area contributed by atoms with Gasteiger partial charge in [0.1, 0.15) is 0 Å². The summed E-state index contributed by atoms with van der Waals surface area (Å²) in [5, 5.41) is 7.25. The molecule has 1 aromatic heterocycles. The number of nitrogens with zero attached hydrogens (tertiary/aromatic N) is 2. The van der Waals surface area contributed by atoms with Crippen molar-refractivity contribution >= 4 is 5.91 Å². The summed E-state index contributed by atoms with van der Waals surface area (Å²) >= 11 is 0. The number of rotatable bonds is 6. The first-order chi connectivity index (χ1) is 9.72. The van der Waals surface area contributed by atoms with Crippen LogP contribution < -0.4 is 5.32 Å². The van der Waals surface area contributed by atoms with Crippen LogP contribution in [0.1, 0.15) is 48.7 Å². The maximum atomic E-state index is 12.1. The van der Waals surface area contributed by atoms with Gasteiger partial charge in [0.2, 0.25) is 0 Å². The van der Waals surface area contributed by atoms with Gasteiger partial charge in [-0.3, -0.25) is 9.48 Å². The maximum absolute atomic E-state index is 12.1. The molecule has 0 bridgehead atoms. The first-order valence-electron chi connectivity index (χ1n) is 7.60. The number of hydrogen-bond acceptors (Lipinski definition) is 3. The molecule has 0 saturated carbocycles. The lowest BCUT2D eigenvalue weighted by Gasteiger charge is -2.21. The lowest BCUT2D eigenvalue weighted by atomic mass is 9.99. The standard InChI is InChI=1S/C15H25N3O2/c1-3-8-18-12(2)14(10-17-18)15(19)16-7-6-13-5-4-9-20-11-13/h10,13H,3-9,11H2,1-2H3,(H,16,19). The predicted molar refractivity (Wildman–Crippen MR) is 77.7 cm³/mol. The number of hydrogen-bond donors (Lipinski definition) is 1. The van der Waals surface area contributed by atoms with Gasteiger partial charge in [0.15, 0.2) is 0 Å². The van der Waals surface area contributed by atoms with E-state index in [0.29, 0.717) is 18.0 Å². The molecule has 2 rings (SSSR count). The summed E-state index contributed by atoms with van der Waals surface area (Å²) in [6, 6.07) is 0. The molecule has 5 heteroatoms. The number of ether oxygens (including phenoxy) is 1. The fraction of sp³-hybridized carbons (Fsp3) is 0.733. The van der Waals surface area contributed by atoms with Crippen LogP contribution in [0.25, 0.3) is 0 Å². The Morgan fingerprint density at radius 3 is 3.15 bits per heavy atom. The molecule has 1 saturated heterocycles. The number of amides is 1. The van der Waals surface area contributed by atoms with Crippen LogP contribution in [-0.2, 0) is 11.3 Å². The van der Waals surface area contributed by atoms with Gasteiger partial charge in [0, 0.05) is 32.0 Å². The van der Waals surface area contributed by atoms with Crippen LogP contribution in [0.5, 0.6) is 0 Å². The van der Waals surface area contributed by atoms with E-state index in [4.69, 9.17) is 4.74 Å². The Hall–Kier alpha value is -1.36. The third-order valence-corrected chi connectivity index (χ3v) is 3.88. The van der Waals surface area contributed by atoms with E-state index in [1.54, 1.807) is 6.20 Å².